The molecule has 1 aromatic carbocycles. The summed E-state index contributed by atoms with van der Waals surface area (Å²) < 4.78 is 2.63. The average molecular weight is 366 g/mol. The van der Waals surface area contributed by atoms with Crippen molar-refractivity contribution in [3.8, 4) is 0 Å². The standard InChI is InChI=1S/C15H15IN2O/c1-11(2)17-14-8-3-4-9-18(14)15(19)12-6-5-7-13(16)10-12/h3-11H,1-2H3. The predicted octanol–water partition coefficient (Wildman–Crippen LogP) is 3.09. The molecule has 98 valence electrons. The van der Waals surface area contributed by atoms with E-state index in [1.54, 1.807) is 10.8 Å². The summed E-state index contributed by atoms with van der Waals surface area (Å²) in [7, 11) is 0. The van der Waals surface area contributed by atoms with E-state index in [1.807, 2.05) is 56.3 Å². The minimum absolute atomic E-state index is 0.0569. The molecule has 0 saturated carbocycles. The van der Waals surface area contributed by atoms with Gasteiger partial charge in [0.15, 0.2) is 0 Å². The van der Waals surface area contributed by atoms with Crippen molar-refractivity contribution in [3.63, 3.8) is 0 Å². The molecule has 0 bridgehead atoms. The molecule has 0 amide bonds. The molecule has 4 heteroatoms. The molecule has 19 heavy (non-hydrogen) atoms. The quantitative estimate of drug-likeness (QED) is 0.753. The number of nitrogens with zero attached hydrogens (tertiary/aromatic N) is 2. The zero-order valence-corrected chi connectivity index (χ0v) is 13.0. The van der Waals surface area contributed by atoms with E-state index >= 15 is 0 Å². The van der Waals surface area contributed by atoms with Gasteiger partial charge >= 0.3 is 0 Å². The number of carbonyl (C=O) groups excluding carboxylic acids is 1. The molecule has 0 saturated heterocycles. The van der Waals surface area contributed by atoms with Crippen LogP contribution in [0.3, 0.4) is 0 Å². The highest BCUT2D eigenvalue weighted by molar-refractivity contribution is 14.1. The molecular weight excluding hydrogens is 351 g/mol. The number of pyridine rings is 1. The molecule has 2 rings (SSSR count). The Hall–Kier alpha value is -1.43. The minimum Gasteiger partial charge on any atom is -0.268 e. The molecule has 0 spiro atoms. The monoisotopic (exact) mass is 366 g/mol. The third-order valence-corrected chi connectivity index (χ3v) is 3.19. The first kappa shape index (κ1) is 14.0. The van der Waals surface area contributed by atoms with Crippen LogP contribution in [0.2, 0.25) is 0 Å². The Labute approximate surface area is 126 Å². The van der Waals surface area contributed by atoms with Gasteiger partial charge in [0.1, 0.15) is 5.49 Å². The van der Waals surface area contributed by atoms with Crippen LogP contribution in [0.1, 0.15) is 24.2 Å². The summed E-state index contributed by atoms with van der Waals surface area (Å²) in [5.41, 5.74) is 1.35. The fourth-order valence-corrected chi connectivity index (χ4v) is 2.28. The first-order valence-electron chi connectivity index (χ1n) is 6.10. The first-order valence-corrected chi connectivity index (χ1v) is 7.17. The van der Waals surface area contributed by atoms with Crippen molar-refractivity contribution < 1.29 is 4.79 Å². The van der Waals surface area contributed by atoms with E-state index in [9.17, 15) is 4.79 Å². The van der Waals surface area contributed by atoms with Crippen LogP contribution in [0.15, 0.2) is 53.7 Å². The largest absolute Gasteiger partial charge is 0.268 e. The highest BCUT2D eigenvalue weighted by Gasteiger charge is 2.08. The van der Waals surface area contributed by atoms with Crippen molar-refractivity contribution >= 4 is 28.5 Å². The van der Waals surface area contributed by atoms with E-state index in [4.69, 9.17) is 0 Å². The molecule has 1 heterocycles. The van der Waals surface area contributed by atoms with Gasteiger partial charge in [0.2, 0.25) is 0 Å². The summed E-state index contributed by atoms with van der Waals surface area (Å²) in [5, 5.41) is 0. The second-order valence-corrected chi connectivity index (χ2v) is 5.71. The summed E-state index contributed by atoms with van der Waals surface area (Å²) >= 11 is 2.20. The number of halogens is 1. The summed E-state index contributed by atoms with van der Waals surface area (Å²) in [6.07, 6.45) is 1.75. The molecule has 3 nitrogen and oxygen atoms in total. The normalized spacial score (nSPS) is 11.9. The molecule has 0 radical (unpaired) electrons. The van der Waals surface area contributed by atoms with Crippen molar-refractivity contribution in [3.05, 3.63) is 63.3 Å². The lowest BCUT2D eigenvalue weighted by Crippen LogP contribution is -2.28. The van der Waals surface area contributed by atoms with Crippen molar-refractivity contribution in [1.82, 2.24) is 4.57 Å². The first-order chi connectivity index (χ1) is 9.08. The zero-order valence-electron chi connectivity index (χ0n) is 10.9. The van der Waals surface area contributed by atoms with Crippen LogP contribution in [0.4, 0.5) is 0 Å². The van der Waals surface area contributed by atoms with Gasteiger partial charge in [-0.3, -0.25) is 14.4 Å². The highest BCUT2D eigenvalue weighted by Crippen LogP contribution is 2.08. The molecule has 0 aliphatic heterocycles. The second kappa shape index (κ2) is 6.14. The fourth-order valence-electron chi connectivity index (χ4n) is 1.74. The maximum Gasteiger partial charge on any atom is 0.263 e. The molecule has 0 aliphatic rings. The van der Waals surface area contributed by atoms with Gasteiger partial charge in [-0.2, -0.15) is 0 Å². The third-order valence-electron chi connectivity index (χ3n) is 2.52. The lowest BCUT2D eigenvalue weighted by Gasteiger charge is -2.07. The van der Waals surface area contributed by atoms with E-state index in [0.717, 1.165) is 3.57 Å². The summed E-state index contributed by atoms with van der Waals surface area (Å²) in [5.74, 6) is -0.0569. The van der Waals surface area contributed by atoms with Gasteiger partial charge in [-0.25, -0.2) is 0 Å². The van der Waals surface area contributed by atoms with Crippen LogP contribution in [0.5, 0.6) is 0 Å². The van der Waals surface area contributed by atoms with Gasteiger partial charge in [0.05, 0.1) is 0 Å². The zero-order chi connectivity index (χ0) is 13.8. The molecule has 2 aromatic rings. The van der Waals surface area contributed by atoms with E-state index in [2.05, 4.69) is 27.6 Å². The Morgan fingerprint density at radius 3 is 2.68 bits per heavy atom. The average Bonchev–Trinajstić information content (AvgIpc) is 2.38. The lowest BCUT2D eigenvalue weighted by molar-refractivity contribution is 0.0954. The molecule has 0 atom stereocenters. The van der Waals surface area contributed by atoms with Crippen LogP contribution >= 0.6 is 22.6 Å². The van der Waals surface area contributed by atoms with Crippen LogP contribution in [0, 0.1) is 3.57 Å². The number of rotatable bonds is 2. The number of benzene rings is 1. The van der Waals surface area contributed by atoms with Crippen LogP contribution in [0.25, 0.3) is 0 Å². The van der Waals surface area contributed by atoms with E-state index in [1.165, 1.54) is 0 Å². The highest BCUT2D eigenvalue weighted by atomic mass is 127. The molecule has 0 aliphatic carbocycles. The van der Waals surface area contributed by atoms with Crippen molar-refractivity contribution in [2.75, 3.05) is 0 Å². The number of hydrogen-bond donors (Lipinski definition) is 0. The molecule has 0 N–H and O–H groups in total. The Morgan fingerprint density at radius 1 is 1.21 bits per heavy atom. The van der Waals surface area contributed by atoms with Gasteiger partial charge in [0, 0.05) is 21.4 Å². The Kier molecular flexibility index (Phi) is 4.52. The lowest BCUT2D eigenvalue weighted by atomic mass is 10.2. The maximum absolute atomic E-state index is 12.5. The molecule has 0 fully saturated rings. The van der Waals surface area contributed by atoms with Crippen LogP contribution in [-0.2, 0) is 0 Å². The topological polar surface area (TPSA) is 34.4 Å². The predicted molar refractivity (Wildman–Crippen MR) is 84.0 cm³/mol. The Bertz CT molecular complexity index is 659. The van der Waals surface area contributed by atoms with Gasteiger partial charge in [-0.15, -0.1) is 0 Å². The van der Waals surface area contributed by atoms with Crippen LogP contribution < -0.4 is 5.49 Å². The van der Waals surface area contributed by atoms with E-state index < -0.39 is 0 Å². The number of aromatic nitrogens is 1. The van der Waals surface area contributed by atoms with Gasteiger partial charge in [-0.1, -0.05) is 12.1 Å². The van der Waals surface area contributed by atoms with Gasteiger partial charge in [-0.05, 0) is 66.8 Å². The SMILES string of the molecule is CC(C)N=c1ccccn1C(=O)c1cccc(I)c1. The molecular formula is C15H15IN2O. The molecule has 0 unspecified atom stereocenters. The summed E-state index contributed by atoms with van der Waals surface area (Å²) in [4.78, 5) is 17.0. The van der Waals surface area contributed by atoms with Crippen molar-refractivity contribution in [1.29, 1.82) is 0 Å². The number of carbonyl (C=O) groups is 1. The van der Waals surface area contributed by atoms with Gasteiger partial charge in [0.25, 0.3) is 5.91 Å². The van der Waals surface area contributed by atoms with Gasteiger partial charge < -0.3 is 0 Å². The van der Waals surface area contributed by atoms with E-state index in [-0.39, 0.29) is 11.9 Å². The van der Waals surface area contributed by atoms with Crippen molar-refractivity contribution in [2.45, 2.75) is 19.9 Å². The smallest absolute Gasteiger partial charge is 0.263 e. The van der Waals surface area contributed by atoms with E-state index in [0.29, 0.717) is 11.1 Å². The summed E-state index contributed by atoms with van der Waals surface area (Å²) in [6, 6.07) is 13.3. The fraction of sp³-hybridized carbons (Fsp3) is 0.200. The van der Waals surface area contributed by atoms with Crippen LogP contribution in [-0.4, -0.2) is 16.5 Å². The Morgan fingerprint density at radius 2 is 2.00 bits per heavy atom. The maximum atomic E-state index is 12.5. The third kappa shape index (κ3) is 3.53. The second-order valence-electron chi connectivity index (χ2n) is 4.47. The Balaban J connectivity index is 2.51. The molecule has 1 aromatic heterocycles. The van der Waals surface area contributed by atoms with Crippen molar-refractivity contribution in [2.24, 2.45) is 4.99 Å². The minimum atomic E-state index is -0.0569. The summed E-state index contributed by atoms with van der Waals surface area (Å²) in [6.45, 7) is 3.99. The number of hydrogen-bond acceptors (Lipinski definition) is 2.